The molecule has 0 aromatic heterocycles. The van der Waals surface area contributed by atoms with Gasteiger partial charge in [-0.15, -0.1) is 0 Å². The average molecular weight is 306 g/mol. The van der Waals surface area contributed by atoms with Gasteiger partial charge in [-0.25, -0.2) is 8.42 Å². The van der Waals surface area contributed by atoms with Gasteiger partial charge in [0.15, 0.2) is 9.84 Å². The van der Waals surface area contributed by atoms with Crippen LogP contribution in [0.3, 0.4) is 0 Å². The molecule has 0 aliphatic rings. The molecule has 8 heteroatoms. The number of sulfone groups is 1. The van der Waals surface area contributed by atoms with Gasteiger partial charge in [0.25, 0.3) is 0 Å². The Kier molecular flexibility index (Phi) is 5.00. The summed E-state index contributed by atoms with van der Waals surface area (Å²) < 4.78 is 60.6. The highest BCUT2D eigenvalue weighted by atomic mass is 32.2. The third kappa shape index (κ3) is 4.42. The Balaban J connectivity index is 2.87. The van der Waals surface area contributed by atoms with Crippen LogP contribution >= 0.6 is 0 Å². The number of hydrogen-bond acceptors (Lipinski definition) is 4. The van der Waals surface area contributed by atoms with Gasteiger partial charge in [0.1, 0.15) is 0 Å². The molecule has 1 aromatic rings. The molecule has 1 rings (SSSR count). The number of alkyl halides is 3. The van der Waals surface area contributed by atoms with E-state index < -0.39 is 27.1 Å². The molecule has 0 saturated heterocycles. The van der Waals surface area contributed by atoms with Crippen LogP contribution in [0.15, 0.2) is 18.2 Å². The van der Waals surface area contributed by atoms with Gasteiger partial charge in [-0.3, -0.25) is 0 Å². The lowest BCUT2D eigenvalue weighted by atomic mass is 10.1. The van der Waals surface area contributed by atoms with Crippen molar-refractivity contribution >= 4 is 15.5 Å². The quantitative estimate of drug-likeness (QED) is 0.907. The third-order valence-corrected chi connectivity index (χ3v) is 4.33. The first-order chi connectivity index (χ1) is 9.19. The number of hydrogen-bond donors (Lipinski definition) is 1. The molecule has 20 heavy (non-hydrogen) atoms. The van der Waals surface area contributed by atoms with Gasteiger partial charge in [0.2, 0.25) is 0 Å². The molecule has 0 bridgehead atoms. The van der Waals surface area contributed by atoms with E-state index in [1.807, 2.05) is 0 Å². The van der Waals surface area contributed by atoms with E-state index in [0.717, 1.165) is 12.1 Å². The molecule has 110 valence electrons. The minimum Gasteiger partial charge on any atom is -0.384 e. The van der Waals surface area contributed by atoms with Crippen LogP contribution in [-0.4, -0.2) is 26.5 Å². The van der Waals surface area contributed by atoms with E-state index in [2.05, 4.69) is 5.32 Å². The first-order valence-corrected chi connectivity index (χ1v) is 7.57. The van der Waals surface area contributed by atoms with Crippen molar-refractivity contribution in [2.24, 2.45) is 0 Å². The third-order valence-electron chi connectivity index (χ3n) is 2.63. The Morgan fingerprint density at radius 1 is 1.35 bits per heavy atom. The zero-order valence-corrected chi connectivity index (χ0v) is 11.5. The van der Waals surface area contributed by atoms with Gasteiger partial charge < -0.3 is 5.32 Å². The van der Waals surface area contributed by atoms with Crippen molar-refractivity contribution in [3.8, 4) is 6.07 Å². The van der Waals surface area contributed by atoms with Crippen LogP contribution in [0.25, 0.3) is 0 Å². The van der Waals surface area contributed by atoms with Crippen LogP contribution in [0.4, 0.5) is 18.9 Å². The Hall–Kier alpha value is -1.75. The summed E-state index contributed by atoms with van der Waals surface area (Å²) in [5.41, 5.74) is -1.38. The fourth-order valence-corrected chi connectivity index (χ4v) is 2.18. The lowest BCUT2D eigenvalue weighted by molar-refractivity contribution is -0.137. The summed E-state index contributed by atoms with van der Waals surface area (Å²) in [6.45, 7) is 1.51. The summed E-state index contributed by atoms with van der Waals surface area (Å²) in [6.07, 6.45) is -4.63. The maximum absolute atomic E-state index is 12.7. The maximum atomic E-state index is 12.7. The highest BCUT2D eigenvalue weighted by molar-refractivity contribution is 7.91. The molecule has 0 aliphatic heterocycles. The van der Waals surface area contributed by atoms with Gasteiger partial charge in [0.05, 0.1) is 22.9 Å². The summed E-state index contributed by atoms with van der Waals surface area (Å²) in [5, 5.41) is 11.2. The maximum Gasteiger partial charge on any atom is 0.417 e. The predicted octanol–water partition coefficient (Wildman–Crippen LogP) is 2.42. The van der Waals surface area contributed by atoms with Crippen molar-refractivity contribution in [3.63, 3.8) is 0 Å². The van der Waals surface area contributed by atoms with Crippen molar-refractivity contribution < 1.29 is 21.6 Å². The number of benzene rings is 1. The Bertz CT molecular complexity index is 619. The molecule has 1 N–H and O–H groups in total. The van der Waals surface area contributed by atoms with E-state index in [0.29, 0.717) is 0 Å². The van der Waals surface area contributed by atoms with Crippen LogP contribution < -0.4 is 5.32 Å². The number of halogens is 3. The van der Waals surface area contributed by atoms with E-state index in [4.69, 9.17) is 5.26 Å². The van der Waals surface area contributed by atoms with Gasteiger partial charge in [-0.2, -0.15) is 18.4 Å². The number of nitrogens with one attached hydrogen (secondary N) is 1. The minimum atomic E-state index is -4.63. The second kappa shape index (κ2) is 6.13. The molecular formula is C12H13F3N2O2S. The monoisotopic (exact) mass is 306 g/mol. The number of rotatable bonds is 5. The van der Waals surface area contributed by atoms with E-state index in [-0.39, 0.29) is 23.7 Å². The average Bonchev–Trinajstić information content (AvgIpc) is 2.37. The van der Waals surface area contributed by atoms with E-state index in [1.54, 1.807) is 0 Å². The molecule has 0 radical (unpaired) electrons. The standard InChI is InChI=1S/C12H13F3N2O2S/c1-2-20(18,19)6-5-17-10-4-3-9(8-16)11(7-10)12(13,14)15/h3-4,7,17H,2,5-6H2,1H3. The SMILES string of the molecule is CCS(=O)(=O)CCNc1ccc(C#N)c(C(F)(F)F)c1. The highest BCUT2D eigenvalue weighted by Crippen LogP contribution is 2.33. The van der Waals surface area contributed by atoms with Crippen molar-refractivity contribution in [3.05, 3.63) is 29.3 Å². The van der Waals surface area contributed by atoms with Gasteiger partial charge in [-0.1, -0.05) is 6.92 Å². The van der Waals surface area contributed by atoms with E-state index in [9.17, 15) is 21.6 Å². The Labute approximate surface area is 115 Å². The molecule has 0 heterocycles. The second-order valence-corrected chi connectivity index (χ2v) is 6.51. The molecule has 0 fully saturated rings. The zero-order valence-electron chi connectivity index (χ0n) is 10.7. The summed E-state index contributed by atoms with van der Waals surface area (Å²) in [7, 11) is -3.18. The Morgan fingerprint density at radius 3 is 2.50 bits per heavy atom. The number of nitriles is 1. The molecule has 4 nitrogen and oxygen atoms in total. The lowest BCUT2D eigenvalue weighted by Gasteiger charge is -2.12. The van der Waals surface area contributed by atoms with E-state index >= 15 is 0 Å². The summed E-state index contributed by atoms with van der Waals surface area (Å²) in [5.74, 6) is -0.180. The number of nitrogens with zero attached hydrogens (tertiary/aromatic N) is 1. The van der Waals surface area contributed by atoms with Crippen LogP contribution in [0.2, 0.25) is 0 Å². The molecular weight excluding hydrogens is 293 g/mol. The summed E-state index contributed by atoms with van der Waals surface area (Å²) in [6, 6.07) is 4.64. The fraction of sp³-hybridized carbons (Fsp3) is 0.417. The van der Waals surface area contributed by atoms with Crippen molar-refractivity contribution in [1.82, 2.24) is 0 Å². The van der Waals surface area contributed by atoms with Crippen LogP contribution in [0.1, 0.15) is 18.1 Å². The smallest absolute Gasteiger partial charge is 0.384 e. The van der Waals surface area contributed by atoms with Crippen molar-refractivity contribution in [1.29, 1.82) is 5.26 Å². The molecule has 0 unspecified atom stereocenters. The molecule has 0 amide bonds. The van der Waals surface area contributed by atoms with Crippen LogP contribution in [0.5, 0.6) is 0 Å². The van der Waals surface area contributed by atoms with Gasteiger partial charge in [-0.05, 0) is 18.2 Å². The van der Waals surface area contributed by atoms with Crippen molar-refractivity contribution in [2.45, 2.75) is 13.1 Å². The molecule has 0 atom stereocenters. The van der Waals surface area contributed by atoms with Gasteiger partial charge >= 0.3 is 6.18 Å². The largest absolute Gasteiger partial charge is 0.417 e. The van der Waals surface area contributed by atoms with E-state index in [1.165, 1.54) is 19.1 Å². The topological polar surface area (TPSA) is 70.0 Å². The normalized spacial score (nSPS) is 11.9. The second-order valence-electron chi connectivity index (χ2n) is 4.03. The summed E-state index contributed by atoms with van der Waals surface area (Å²) in [4.78, 5) is 0. The first kappa shape index (κ1) is 16.3. The summed E-state index contributed by atoms with van der Waals surface area (Å²) >= 11 is 0. The minimum absolute atomic E-state index is 0.0133. The van der Waals surface area contributed by atoms with Crippen molar-refractivity contribution in [2.75, 3.05) is 23.4 Å². The Morgan fingerprint density at radius 2 is 2.00 bits per heavy atom. The molecule has 0 saturated carbocycles. The zero-order chi connectivity index (χ0) is 15.4. The molecule has 0 aliphatic carbocycles. The van der Waals surface area contributed by atoms with Gasteiger partial charge in [0, 0.05) is 18.0 Å². The first-order valence-electron chi connectivity index (χ1n) is 5.75. The number of anilines is 1. The lowest BCUT2D eigenvalue weighted by Crippen LogP contribution is -2.17. The highest BCUT2D eigenvalue weighted by Gasteiger charge is 2.33. The molecule has 1 aromatic carbocycles. The van der Waals surface area contributed by atoms with Crippen LogP contribution in [-0.2, 0) is 16.0 Å². The van der Waals surface area contributed by atoms with Crippen LogP contribution in [0, 0.1) is 11.3 Å². The fourth-order valence-electron chi connectivity index (χ4n) is 1.48. The predicted molar refractivity (Wildman–Crippen MR) is 69.0 cm³/mol. The molecule has 0 spiro atoms.